The zero-order valence-electron chi connectivity index (χ0n) is 11.0. The highest BCUT2D eigenvalue weighted by Gasteiger charge is 2.33. The number of hydrogen-bond donors (Lipinski definition) is 1. The Balaban J connectivity index is 2.18. The lowest BCUT2D eigenvalue weighted by molar-refractivity contribution is -0.138. The predicted molar refractivity (Wildman–Crippen MR) is 73.5 cm³/mol. The van der Waals surface area contributed by atoms with E-state index in [4.69, 9.17) is 4.74 Å². The number of amides is 1. The average molecular weight is 315 g/mol. The maximum Gasteiger partial charge on any atom is 0.416 e. The Morgan fingerprint density at radius 2 is 2.10 bits per heavy atom. The van der Waals surface area contributed by atoms with Crippen molar-refractivity contribution in [3.63, 3.8) is 0 Å². The third-order valence-electron chi connectivity index (χ3n) is 2.81. The van der Waals surface area contributed by atoms with Crippen molar-refractivity contribution in [3.8, 4) is 5.75 Å². The average Bonchev–Trinajstić information content (AvgIpc) is 2.97. The number of alkyl halides is 3. The largest absolute Gasteiger partial charge is 0.497 e. The molecule has 7 heteroatoms. The molecule has 0 atom stereocenters. The Hall–Kier alpha value is -2.02. The van der Waals surface area contributed by atoms with Gasteiger partial charge in [-0.05, 0) is 29.1 Å². The van der Waals surface area contributed by atoms with E-state index in [0.717, 1.165) is 6.07 Å². The molecule has 0 spiro atoms. The topological polar surface area (TPSA) is 38.3 Å². The summed E-state index contributed by atoms with van der Waals surface area (Å²) in [5, 5.41) is 4.21. The molecule has 1 heterocycles. The number of rotatable bonds is 4. The second-order valence-corrected chi connectivity index (χ2v) is 5.13. The van der Waals surface area contributed by atoms with E-state index in [9.17, 15) is 18.0 Å². The molecule has 1 aromatic heterocycles. The maximum atomic E-state index is 13.0. The van der Waals surface area contributed by atoms with Gasteiger partial charge in [-0.15, -0.1) is 11.3 Å². The van der Waals surface area contributed by atoms with Gasteiger partial charge >= 0.3 is 6.18 Å². The van der Waals surface area contributed by atoms with Crippen molar-refractivity contribution in [2.45, 2.75) is 12.7 Å². The maximum absolute atomic E-state index is 13.0. The molecular weight excluding hydrogens is 303 g/mol. The monoisotopic (exact) mass is 315 g/mol. The molecule has 112 valence electrons. The summed E-state index contributed by atoms with van der Waals surface area (Å²) in [6, 6.07) is 6.97. The summed E-state index contributed by atoms with van der Waals surface area (Å²) in [6.07, 6.45) is -4.50. The molecule has 0 aliphatic heterocycles. The summed E-state index contributed by atoms with van der Waals surface area (Å²) < 4.78 is 43.8. The van der Waals surface area contributed by atoms with E-state index < -0.39 is 17.6 Å². The normalized spacial score (nSPS) is 11.2. The fourth-order valence-electron chi connectivity index (χ4n) is 1.77. The summed E-state index contributed by atoms with van der Waals surface area (Å²) in [4.78, 5) is 12.2. The Bertz CT molecular complexity index is 624. The van der Waals surface area contributed by atoms with Gasteiger partial charge in [-0.2, -0.15) is 13.2 Å². The van der Waals surface area contributed by atoms with Crippen LogP contribution < -0.4 is 10.1 Å². The molecule has 0 radical (unpaired) electrons. The van der Waals surface area contributed by atoms with E-state index in [1.807, 2.05) is 0 Å². The summed E-state index contributed by atoms with van der Waals surface area (Å²) in [5.74, 6) is -0.274. The van der Waals surface area contributed by atoms with Gasteiger partial charge in [0.2, 0.25) is 0 Å². The van der Waals surface area contributed by atoms with Crippen LogP contribution in [0.2, 0.25) is 0 Å². The van der Waals surface area contributed by atoms with Crippen molar-refractivity contribution >= 4 is 17.2 Å². The number of benzene rings is 1. The molecule has 0 aliphatic carbocycles. The van der Waals surface area contributed by atoms with E-state index in [1.165, 1.54) is 30.6 Å². The van der Waals surface area contributed by atoms with Crippen LogP contribution in [0.3, 0.4) is 0 Å². The standard InChI is InChI=1S/C14H12F3NO2S/c1-20-10-5-4-9(11(7-10)14(15,16)17)8-18-13(19)12-3-2-6-21-12/h2-7H,8H2,1H3,(H,18,19). The minimum absolute atomic E-state index is 0.00629. The van der Waals surface area contributed by atoms with Crippen molar-refractivity contribution in [2.75, 3.05) is 7.11 Å². The Labute approximate surface area is 123 Å². The SMILES string of the molecule is COc1ccc(CNC(=O)c2cccs2)c(C(F)(F)F)c1. The third-order valence-corrected chi connectivity index (χ3v) is 3.68. The molecule has 1 N–H and O–H groups in total. The molecule has 0 fully saturated rings. The lowest BCUT2D eigenvalue weighted by Gasteiger charge is -2.14. The molecule has 0 aliphatic rings. The van der Waals surface area contributed by atoms with Gasteiger partial charge in [0.15, 0.2) is 0 Å². The summed E-state index contributed by atoms with van der Waals surface area (Å²) >= 11 is 1.23. The van der Waals surface area contributed by atoms with Crippen molar-refractivity contribution in [1.29, 1.82) is 0 Å². The Morgan fingerprint density at radius 3 is 2.67 bits per heavy atom. The van der Waals surface area contributed by atoms with Crippen molar-refractivity contribution in [1.82, 2.24) is 5.32 Å². The van der Waals surface area contributed by atoms with Crippen molar-refractivity contribution in [3.05, 3.63) is 51.7 Å². The lowest BCUT2D eigenvalue weighted by atomic mass is 10.1. The third kappa shape index (κ3) is 3.75. The first-order valence-electron chi connectivity index (χ1n) is 5.97. The van der Waals surface area contributed by atoms with E-state index >= 15 is 0 Å². The molecule has 0 unspecified atom stereocenters. The van der Waals surface area contributed by atoms with Crippen LogP contribution in [0.15, 0.2) is 35.7 Å². The number of ether oxygens (including phenoxy) is 1. The minimum Gasteiger partial charge on any atom is -0.497 e. The van der Waals surface area contributed by atoms with Gasteiger partial charge in [0.05, 0.1) is 17.6 Å². The highest BCUT2D eigenvalue weighted by molar-refractivity contribution is 7.12. The first kappa shape index (κ1) is 15.4. The summed E-state index contributed by atoms with van der Waals surface area (Å²) in [6.45, 7) is -0.199. The Morgan fingerprint density at radius 1 is 1.33 bits per heavy atom. The molecule has 2 aromatic rings. The predicted octanol–water partition coefficient (Wildman–Crippen LogP) is 3.71. The minimum atomic E-state index is -4.50. The van der Waals surface area contributed by atoms with Crippen LogP contribution in [0.5, 0.6) is 5.75 Å². The number of carbonyl (C=O) groups excluding carboxylic acids is 1. The molecule has 3 nitrogen and oxygen atoms in total. The number of nitrogens with one attached hydrogen (secondary N) is 1. The molecule has 2 rings (SSSR count). The van der Waals surface area contributed by atoms with Gasteiger partial charge < -0.3 is 10.1 Å². The highest BCUT2D eigenvalue weighted by Crippen LogP contribution is 2.34. The number of methoxy groups -OCH3 is 1. The van der Waals surface area contributed by atoms with Crippen LogP contribution in [0.4, 0.5) is 13.2 Å². The van der Waals surface area contributed by atoms with Gasteiger partial charge in [0, 0.05) is 6.54 Å². The molecular formula is C14H12F3NO2S. The fourth-order valence-corrected chi connectivity index (χ4v) is 2.41. The summed E-state index contributed by atoms with van der Waals surface area (Å²) in [5.41, 5.74) is -0.818. The molecule has 21 heavy (non-hydrogen) atoms. The fraction of sp³-hybridized carbons (Fsp3) is 0.214. The van der Waals surface area contributed by atoms with Gasteiger partial charge in [-0.3, -0.25) is 4.79 Å². The first-order valence-corrected chi connectivity index (χ1v) is 6.85. The molecule has 0 bridgehead atoms. The molecule has 1 amide bonds. The van der Waals surface area contributed by atoms with E-state index in [2.05, 4.69) is 5.32 Å². The van der Waals surface area contributed by atoms with E-state index in [0.29, 0.717) is 4.88 Å². The van der Waals surface area contributed by atoms with Gasteiger partial charge in [0.1, 0.15) is 5.75 Å². The molecule has 0 saturated carbocycles. The number of hydrogen-bond acceptors (Lipinski definition) is 3. The van der Waals surface area contributed by atoms with Crippen LogP contribution in [0.1, 0.15) is 20.8 Å². The second-order valence-electron chi connectivity index (χ2n) is 4.18. The quantitative estimate of drug-likeness (QED) is 0.934. The van der Waals surface area contributed by atoms with Crippen LogP contribution in [0, 0.1) is 0 Å². The second kappa shape index (κ2) is 6.17. The lowest BCUT2D eigenvalue weighted by Crippen LogP contribution is -2.23. The van der Waals surface area contributed by atoms with Gasteiger partial charge in [-0.1, -0.05) is 12.1 Å². The van der Waals surface area contributed by atoms with Crippen LogP contribution in [-0.4, -0.2) is 13.0 Å². The highest BCUT2D eigenvalue weighted by atomic mass is 32.1. The van der Waals surface area contributed by atoms with E-state index in [-0.39, 0.29) is 17.9 Å². The van der Waals surface area contributed by atoms with Crippen LogP contribution >= 0.6 is 11.3 Å². The van der Waals surface area contributed by atoms with Crippen LogP contribution in [0.25, 0.3) is 0 Å². The molecule has 0 saturated heterocycles. The number of halogens is 3. The van der Waals surface area contributed by atoms with Crippen molar-refractivity contribution < 1.29 is 22.7 Å². The number of thiophene rings is 1. The molecule has 1 aromatic carbocycles. The first-order chi connectivity index (χ1) is 9.91. The Kier molecular flexibility index (Phi) is 4.52. The zero-order chi connectivity index (χ0) is 15.5. The zero-order valence-corrected chi connectivity index (χ0v) is 11.8. The van der Waals surface area contributed by atoms with E-state index in [1.54, 1.807) is 17.5 Å². The van der Waals surface area contributed by atoms with Crippen LogP contribution in [-0.2, 0) is 12.7 Å². The van der Waals surface area contributed by atoms with Gasteiger partial charge in [0.25, 0.3) is 5.91 Å². The smallest absolute Gasteiger partial charge is 0.416 e. The summed E-state index contributed by atoms with van der Waals surface area (Å²) in [7, 11) is 1.30. The van der Waals surface area contributed by atoms with Gasteiger partial charge in [-0.25, -0.2) is 0 Å². The number of carbonyl (C=O) groups is 1. The van der Waals surface area contributed by atoms with Crippen molar-refractivity contribution in [2.24, 2.45) is 0 Å².